The molecule has 3 N–H and O–H groups in total. The van der Waals surface area contributed by atoms with E-state index in [9.17, 15) is 18.1 Å². The van der Waals surface area contributed by atoms with Crippen molar-refractivity contribution in [3.8, 4) is 5.75 Å². The SMILES string of the molecule is CS1(c2cc(O)c3c(Nc4nc(Cl)nc(Cl)n4)cc(S(=O)(=O)O)cc3c2)OOO1. The smallest absolute Gasteiger partial charge is 0.294 e. The number of nitrogens with zero attached hydrogens (tertiary/aromatic N) is 3. The van der Waals surface area contributed by atoms with Crippen molar-refractivity contribution in [2.24, 2.45) is 0 Å². The van der Waals surface area contributed by atoms with Gasteiger partial charge in [0.15, 0.2) is 0 Å². The van der Waals surface area contributed by atoms with Crippen LogP contribution in [-0.2, 0) is 23.8 Å². The summed E-state index contributed by atoms with van der Waals surface area (Å²) in [6, 6.07) is 5.18. The fourth-order valence-electron chi connectivity index (χ4n) is 2.59. The van der Waals surface area contributed by atoms with E-state index in [0.29, 0.717) is 4.90 Å². The van der Waals surface area contributed by atoms with Crippen LogP contribution < -0.4 is 5.32 Å². The number of aromatic nitrogens is 3. The first kappa shape index (κ1) is 20.3. The average molecular weight is 481 g/mol. The highest BCUT2D eigenvalue weighted by molar-refractivity contribution is 8.25. The van der Waals surface area contributed by atoms with Gasteiger partial charge in [-0.25, -0.2) is 0 Å². The third kappa shape index (κ3) is 3.91. The van der Waals surface area contributed by atoms with Gasteiger partial charge in [0.1, 0.15) is 5.75 Å². The number of fused-ring (bicyclic) bond motifs is 1. The van der Waals surface area contributed by atoms with Crippen LogP contribution in [0, 0.1) is 0 Å². The number of hydrogen-bond acceptors (Lipinski definition) is 10. The van der Waals surface area contributed by atoms with Crippen LogP contribution in [-0.4, -0.2) is 39.3 Å². The molecule has 29 heavy (non-hydrogen) atoms. The minimum atomic E-state index is -4.59. The van der Waals surface area contributed by atoms with Crippen LogP contribution >= 0.6 is 33.8 Å². The van der Waals surface area contributed by atoms with Gasteiger partial charge in [0, 0.05) is 17.7 Å². The number of benzene rings is 2. The van der Waals surface area contributed by atoms with Gasteiger partial charge in [-0.15, -0.1) is 10.6 Å². The van der Waals surface area contributed by atoms with E-state index in [0.717, 1.165) is 6.07 Å². The molecule has 1 aliphatic heterocycles. The van der Waals surface area contributed by atoms with Crippen molar-refractivity contribution in [1.29, 1.82) is 0 Å². The van der Waals surface area contributed by atoms with Crippen LogP contribution in [0.5, 0.6) is 5.75 Å². The summed E-state index contributed by atoms with van der Waals surface area (Å²) >= 11 is 11.5. The summed E-state index contributed by atoms with van der Waals surface area (Å²) in [5, 5.41) is 17.7. The molecule has 15 heteroatoms. The summed E-state index contributed by atoms with van der Waals surface area (Å²) in [6.07, 6.45) is 1.61. The second kappa shape index (κ2) is 7.07. The number of rotatable bonds is 4. The molecule has 1 fully saturated rings. The van der Waals surface area contributed by atoms with Gasteiger partial charge in [-0.3, -0.25) is 4.55 Å². The maximum Gasteiger partial charge on any atom is 0.294 e. The van der Waals surface area contributed by atoms with E-state index < -0.39 is 25.6 Å². The van der Waals surface area contributed by atoms with Gasteiger partial charge in [0.25, 0.3) is 10.1 Å². The van der Waals surface area contributed by atoms with Gasteiger partial charge in [-0.1, -0.05) is 8.67 Å². The number of phenols is 1. The Bertz CT molecular complexity index is 1230. The van der Waals surface area contributed by atoms with E-state index in [1.54, 1.807) is 6.26 Å². The first-order valence-electron chi connectivity index (χ1n) is 7.50. The number of anilines is 2. The Kier molecular flexibility index (Phi) is 4.95. The lowest BCUT2D eigenvalue weighted by Crippen LogP contribution is -2.18. The van der Waals surface area contributed by atoms with E-state index in [2.05, 4.69) is 25.3 Å². The summed E-state index contributed by atoms with van der Waals surface area (Å²) in [5.74, 6) is -0.343. The maximum absolute atomic E-state index is 11.7. The van der Waals surface area contributed by atoms with Crippen molar-refractivity contribution in [3.05, 3.63) is 34.8 Å². The molecule has 0 spiro atoms. The normalized spacial score (nSPS) is 17.0. The van der Waals surface area contributed by atoms with E-state index in [4.69, 9.17) is 31.9 Å². The Morgan fingerprint density at radius 2 is 1.72 bits per heavy atom. The van der Waals surface area contributed by atoms with Crippen molar-refractivity contribution >= 4 is 66.3 Å². The predicted octanol–water partition coefficient (Wildman–Crippen LogP) is 3.54. The Hall–Kier alpha value is -1.97. The van der Waals surface area contributed by atoms with Gasteiger partial charge >= 0.3 is 0 Å². The second-order valence-electron chi connectivity index (χ2n) is 5.78. The monoisotopic (exact) mass is 480 g/mol. The van der Waals surface area contributed by atoms with Crippen molar-refractivity contribution in [2.75, 3.05) is 11.6 Å². The molecule has 0 saturated carbocycles. The molecular formula is C14H10Cl2N4O7S2. The second-order valence-corrected chi connectivity index (χ2v) is 10.2. The fraction of sp³-hybridized carbons (Fsp3) is 0.0714. The van der Waals surface area contributed by atoms with Gasteiger partial charge < -0.3 is 10.4 Å². The summed E-state index contributed by atoms with van der Waals surface area (Å²) < 4.78 is 42.9. The Morgan fingerprint density at radius 1 is 1.07 bits per heavy atom. The molecular weight excluding hydrogens is 471 g/mol. The Labute approximate surface area is 174 Å². The maximum atomic E-state index is 11.7. The number of nitrogens with one attached hydrogen (secondary N) is 1. The van der Waals surface area contributed by atoms with Crippen LogP contribution in [0.3, 0.4) is 0 Å². The summed E-state index contributed by atoms with van der Waals surface area (Å²) in [6.45, 7) is 0. The fourth-order valence-corrected chi connectivity index (χ4v) is 4.54. The van der Waals surface area contributed by atoms with Crippen LogP contribution in [0.15, 0.2) is 34.1 Å². The molecule has 2 aromatic carbocycles. The van der Waals surface area contributed by atoms with Gasteiger partial charge in [-0.05, 0) is 51.8 Å². The first-order valence-corrected chi connectivity index (χ1v) is 11.6. The van der Waals surface area contributed by atoms with Crippen LogP contribution in [0.1, 0.15) is 0 Å². The number of halogens is 2. The third-order valence-electron chi connectivity index (χ3n) is 3.84. The molecule has 0 atom stereocenters. The van der Waals surface area contributed by atoms with Crippen molar-refractivity contribution < 1.29 is 31.8 Å². The minimum absolute atomic E-state index is 0.0596. The van der Waals surface area contributed by atoms with Crippen LogP contribution in [0.2, 0.25) is 10.6 Å². The lowest BCUT2D eigenvalue weighted by Gasteiger charge is -2.41. The zero-order valence-electron chi connectivity index (χ0n) is 14.2. The molecule has 154 valence electrons. The molecule has 0 amide bonds. The largest absolute Gasteiger partial charge is 0.507 e. The molecule has 1 aromatic heterocycles. The molecule has 0 bridgehead atoms. The highest BCUT2D eigenvalue weighted by Crippen LogP contribution is 2.62. The van der Waals surface area contributed by atoms with E-state index in [1.807, 2.05) is 0 Å². The molecule has 1 aliphatic rings. The highest BCUT2D eigenvalue weighted by Gasteiger charge is 2.33. The van der Waals surface area contributed by atoms with Gasteiger partial charge in [-0.2, -0.15) is 23.4 Å². The Balaban J connectivity index is 1.94. The molecule has 0 aliphatic carbocycles. The molecule has 0 unspecified atom stereocenters. The third-order valence-corrected chi connectivity index (χ3v) is 6.74. The lowest BCUT2D eigenvalue weighted by molar-refractivity contribution is -0.470. The van der Waals surface area contributed by atoms with Crippen LogP contribution in [0.4, 0.5) is 11.6 Å². The van der Waals surface area contributed by atoms with Gasteiger partial charge in [0.05, 0.1) is 15.5 Å². The number of hydrogen-bond donors (Lipinski definition) is 3. The molecule has 4 rings (SSSR count). The predicted molar refractivity (Wildman–Crippen MR) is 104 cm³/mol. The lowest BCUT2D eigenvalue weighted by atomic mass is 10.1. The quantitative estimate of drug-likeness (QED) is 0.370. The van der Waals surface area contributed by atoms with Crippen molar-refractivity contribution in [3.63, 3.8) is 0 Å². The average Bonchev–Trinajstić information content (AvgIpc) is 2.57. The molecule has 2 heterocycles. The van der Waals surface area contributed by atoms with Gasteiger partial charge in [0.2, 0.25) is 16.5 Å². The number of phenolic OH excluding ortho intramolecular Hbond substituents is 1. The number of aromatic hydroxyl groups is 1. The first-order chi connectivity index (χ1) is 13.5. The van der Waals surface area contributed by atoms with E-state index >= 15 is 0 Å². The molecule has 11 nitrogen and oxygen atoms in total. The van der Waals surface area contributed by atoms with Crippen molar-refractivity contribution in [1.82, 2.24) is 15.0 Å². The zero-order valence-corrected chi connectivity index (χ0v) is 17.3. The molecule has 1 saturated heterocycles. The highest BCUT2D eigenvalue weighted by atomic mass is 35.5. The minimum Gasteiger partial charge on any atom is -0.507 e. The zero-order chi connectivity index (χ0) is 21.0. The van der Waals surface area contributed by atoms with E-state index in [-0.39, 0.29) is 38.7 Å². The van der Waals surface area contributed by atoms with Crippen molar-refractivity contribution in [2.45, 2.75) is 9.79 Å². The Morgan fingerprint density at radius 3 is 2.28 bits per heavy atom. The summed E-state index contributed by atoms with van der Waals surface area (Å²) in [4.78, 5) is 11.3. The topological polar surface area (TPSA) is 153 Å². The molecule has 3 aromatic rings. The molecule has 0 radical (unpaired) electrons. The van der Waals surface area contributed by atoms with E-state index in [1.165, 1.54) is 18.2 Å². The summed E-state index contributed by atoms with van der Waals surface area (Å²) in [7, 11) is -6.83. The standard InChI is InChI=1S/C14H10Cl2N4O7S2/c1-28(26-25-27-28)7-2-6-3-8(29(22,23)24)4-9(11(6)10(21)5-7)17-14-19-12(15)18-13(16)20-14/h2-5,21H,1H3,(H,22,23,24)(H,17,18,19,20). The summed E-state index contributed by atoms with van der Waals surface area (Å²) in [5.41, 5.74) is 0.0596. The van der Waals surface area contributed by atoms with Crippen LogP contribution in [0.25, 0.3) is 10.8 Å².